The van der Waals surface area contributed by atoms with Crippen molar-refractivity contribution >= 4 is 48.8 Å². The number of nitriles is 2. The third kappa shape index (κ3) is 4.74. The Morgan fingerprint density at radius 3 is 1.50 bits per heavy atom. The Kier molecular flexibility index (Phi) is 7.25. The van der Waals surface area contributed by atoms with Crippen molar-refractivity contribution in [2.75, 3.05) is 0 Å². The van der Waals surface area contributed by atoms with E-state index in [1.165, 1.54) is 55.3 Å². The number of benzene rings is 9. The summed E-state index contributed by atoms with van der Waals surface area (Å²) in [6.45, 7) is 16.4. The van der Waals surface area contributed by atoms with Crippen molar-refractivity contribution < 1.29 is 0 Å². The average molecular weight is 712 g/mol. The molecule has 0 saturated heterocycles. The molecule has 56 heavy (non-hydrogen) atoms. The van der Waals surface area contributed by atoms with Gasteiger partial charge in [0, 0.05) is 0 Å². The lowest BCUT2D eigenvalue weighted by atomic mass is 9.84. The highest BCUT2D eigenvalue weighted by Crippen LogP contribution is 2.53. The molecule has 0 spiro atoms. The fourth-order valence-corrected chi connectivity index (χ4v) is 9.43. The molecule has 0 radical (unpaired) electrons. The van der Waals surface area contributed by atoms with Crippen molar-refractivity contribution in [3.05, 3.63) is 172 Å². The SMILES string of the molecule is [C-]#[N+]c1ccc2c(c1)c(-c1ccc(C#N)cc1C)cc1c3cc4c(cc3c(-c3ccc(C#N)cc3C)cc21)-c1ccc(-c2c(C)cccc2C)c2cccc-4c12. The third-order valence-corrected chi connectivity index (χ3v) is 12.0. The van der Waals surface area contributed by atoms with E-state index in [0.717, 1.165) is 65.7 Å². The van der Waals surface area contributed by atoms with Gasteiger partial charge < -0.3 is 0 Å². The van der Waals surface area contributed by atoms with Crippen LogP contribution in [0.4, 0.5) is 5.69 Å². The minimum absolute atomic E-state index is 0.581. The number of nitrogens with zero attached hydrogens (tertiary/aromatic N) is 3. The van der Waals surface area contributed by atoms with Gasteiger partial charge in [0.1, 0.15) is 0 Å². The summed E-state index contributed by atoms with van der Waals surface area (Å²) < 4.78 is 0. The maximum absolute atomic E-state index is 9.77. The van der Waals surface area contributed by atoms with Crippen LogP contribution in [0.2, 0.25) is 0 Å². The quantitative estimate of drug-likeness (QED) is 0.135. The van der Waals surface area contributed by atoms with Crippen LogP contribution in [0.5, 0.6) is 0 Å². The van der Waals surface area contributed by atoms with Crippen LogP contribution < -0.4 is 0 Å². The minimum atomic E-state index is 0.581. The Labute approximate surface area is 325 Å². The molecular weight excluding hydrogens is 679 g/mol. The molecule has 10 rings (SSSR count). The van der Waals surface area contributed by atoms with E-state index < -0.39 is 0 Å². The predicted octanol–water partition coefficient (Wildman–Crippen LogP) is 14.5. The first kappa shape index (κ1) is 33.1. The van der Waals surface area contributed by atoms with Crippen molar-refractivity contribution in [3.8, 4) is 67.8 Å². The van der Waals surface area contributed by atoms with E-state index in [1.54, 1.807) is 0 Å². The van der Waals surface area contributed by atoms with Crippen molar-refractivity contribution in [2.24, 2.45) is 0 Å². The van der Waals surface area contributed by atoms with Gasteiger partial charge in [-0.15, -0.1) is 0 Å². The van der Waals surface area contributed by atoms with Crippen molar-refractivity contribution in [3.63, 3.8) is 0 Å². The smallest absolute Gasteiger partial charge is 0.187 e. The Balaban J connectivity index is 1.35. The summed E-state index contributed by atoms with van der Waals surface area (Å²) >= 11 is 0. The van der Waals surface area contributed by atoms with Crippen LogP contribution in [-0.4, -0.2) is 0 Å². The molecule has 0 saturated carbocycles. The van der Waals surface area contributed by atoms with E-state index in [0.29, 0.717) is 16.8 Å². The van der Waals surface area contributed by atoms with E-state index in [4.69, 9.17) is 6.57 Å². The minimum Gasteiger partial charge on any atom is -0.238 e. The molecule has 0 fully saturated rings. The Morgan fingerprint density at radius 2 is 0.893 bits per heavy atom. The van der Waals surface area contributed by atoms with E-state index in [9.17, 15) is 10.5 Å². The van der Waals surface area contributed by atoms with Gasteiger partial charge in [0.2, 0.25) is 0 Å². The van der Waals surface area contributed by atoms with Crippen LogP contribution in [0.3, 0.4) is 0 Å². The highest BCUT2D eigenvalue weighted by atomic mass is 14.6. The lowest BCUT2D eigenvalue weighted by Gasteiger charge is -2.19. The Morgan fingerprint density at radius 1 is 0.393 bits per heavy atom. The highest BCUT2D eigenvalue weighted by Gasteiger charge is 2.26. The van der Waals surface area contributed by atoms with Gasteiger partial charge in [0.25, 0.3) is 0 Å². The molecule has 0 atom stereocenters. The first-order chi connectivity index (χ1) is 27.3. The van der Waals surface area contributed by atoms with Crippen molar-refractivity contribution in [2.45, 2.75) is 27.7 Å². The molecule has 1 aliphatic carbocycles. The first-order valence-corrected chi connectivity index (χ1v) is 18.8. The highest BCUT2D eigenvalue weighted by molar-refractivity contribution is 6.28. The molecule has 9 aromatic carbocycles. The molecule has 0 aliphatic heterocycles. The summed E-state index contributed by atoms with van der Waals surface area (Å²) in [4.78, 5) is 3.82. The van der Waals surface area contributed by atoms with Crippen LogP contribution in [0, 0.1) is 56.9 Å². The molecule has 260 valence electrons. The van der Waals surface area contributed by atoms with Crippen LogP contribution in [-0.2, 0) is 0 Å². The predicted molar refractivity (Wildman–Crippen MR) is 232 cm³/mol. The largest absolute Gasteiger partial charge is 0.238 e. The molecule has 0 amide bonds. The van der Waals surface area contributed by atoms with Crippen molar-refractivity contribution in [1.82, 2.24) is 0 Å². The lowest BCUT2D eigenvalue weighted by molar-refractivity contribution is 1.38. The maximum atomic E-state index is 9.77. The maximum Gasteiger partial charge on any atom is 0.187 e. The Bertz CT molecular complexity index is 3360. The van der Waals surface area contributed by atoms with Gasteiger partial charge >= 0.3 is 0 Å². The van der Waals surface area contributed by atoms with Gasteiger partial charge in [0.15, 0.2) is 5.69 Å². The number of fused-ring (bicyclic) bond motifs is 8. The Hall–Kier alpha value is -7.51. The summed E-state index contributed by atoms with van der Waals surface area (Å²) in [5.74, 6) is 0. The van der Waals surface area contributed by atoms with Crippen LogP contribution in [0.1, 0.15) is 33.4 Å². The zero-order valence-corrected chi connectivity index (χ0v) is 31.5. The molecule has 3 heteroatoms. The zero-order valence-electron chi connectivity index (χ0n) is 31.5. The zero-order chi connectivity index (χ0) is 38.4. The monoisotopic (exact) mass is 711 g/mol. The fraction of sp³-hybridized carbons (Fsp3) is 0.0755. The number of aryl methyl sites for hydroxylation is 4. The van der Waals surface area contributed by atoms with Gasteiger partial charge in [-0.2, -0.15) is 10.5 Å². The van der Waals surface area contributed by atoms with Crippen LogP contribution in [0.15, 0.2) is 127 Å². The van der Waals surface area contributed by atoms with Crippen LogP contribution in [0.25, 0.3) is 104 Å². The van der Waals surface area contributed by atoms with Gasteiger partial charge in [-0.25, -0.2) is 4.85 Å². The van der Waals surface area contributed by atoms with Crippen molar-refractivity contribution in [1.29, 1.82) is 10.5 Å². The standard InChI is InChI=1S/C53H33N3/c1-29-8-6-9-30(2)52(29)41-18-19-42-48-26-49-45(37-16-13-34(28-55)21-32(37)4)23-46-38-17-14-35(56-5)22-43(38)44(36-15-12-33(27-54)20-31(36)3)24-50(46)51(49)25-47(48)40-11-7-10-39(41)53(40)42/h6-26H,1-4H3. The summed E-state index contributed by atoms with van der Waals surface area (Å²) in [6, 6.07) is 49.7. The summed E-state index contributed by atoms with van der Waals surface area (Å²) in [5.41, 5.74) is 18.1. The van der Waals surface area contributed by atoms with E-state index in [1.807, 2.05) is 42.5 Å². The van der Waals surface area contributed by atoms with Crippen LogP contribution >= 0.6 is 0 Å². The fourth-order valence-electron chi connectivity index (χ4n) is 9.43. The summed E-state index contributed by atoms with van der Waals surface area (Å²) in [6.07, 6.45) is 0. The molecule has 9 aromatic rings. The molecular formula is C53H33N3. The van der Waals surface area contributed by atoms with Gasteiger partial charge in [0.05, 0.1) is 29.8 Å². The second-order valence-corrected chi connectivity index (χ2v) is 15.2. The third-order valence-electron chi connectivity index (χ3n) is 12.0. The lowest BCUT2D eigenvalue weighted by Crippen LogP contribution is -1.93. The second-order valence-electron chi connectivity index (χ2n) is 15.2. The van der Waals surface area contributed by atoms with E-state index in [-0.39, 0.29) is 0 Å². The van der Waals surface area contributed by atoms with Gasteiger partial charge in [-0.1, -0.05) is 72.8 Å². The summed E-state index contributed by atoms with van der Waals surface area (Å²) in [7, 11) is 0. The average Bonchev–Trinajstić information content (AvgIpc) is 3.53. The normalized spacial score (nSPS) is 11.5. The number of hydrogen-bond donors (Lipinski definition) is 0. The second kappa shape index (κ2) is 12.3. The molecule has 0 bridgehead atoms. The number of rotatable bonds is 3. The molecule has 1 aliphatic rings. The summed E-state index contributed by atoms with van der Waals surface area (Å²) in [5, 5.41) is 28.6. The first-order valence-electron chi connectivity index (χ1n) is 18.8. The van der Waals surface area contributed by atoms with E-state index >= 15 is 0 Å². The molecule has 3 nitrogen and oxygen atoms in total. The molecule has 0 aromatic heterocycles. The van der Waals surface area contributed by atoms with Gasteiger partial charge in [-0.05, 0) is 203 Å². The molecule has 0 N–H and O–H groups in total. The van der Waals surface area contributed by atoms with Gasteiger partial charge in [-0.3, -0.25) is 0 Å². The van der Waals surface area contributed by atoms with E-state index in [2.05, 4.69) is 130 Å². The molecule has 0 unspecified atom stereocenters. The topological polar surface area (TPSA) is 51.9 Å². The molecule has 0 heterocycles. The number of hydrogen-bond acceptors (Lipinski definition) is 2.